The quantitative estimate of drug-likeness (QED) is 0.839. The Labute approximate surface area is 106 Å². The van der Waals surface area contributed by atoms with Gasteiger partial charge in [-0.1, -0.05) is 6.07 Å². The largest absolute Gasteiger partial charge is 0.354 e. The van der Waals surface area contributed by atoms with Gasteiger partial charge in [0.25, 0.3) is 0 Å². The van der Waals surface area contributed by atoms with Crippen LogP contribution in [0.25, 0.3) is 0 Å². The highest BCUT2D eigenvalue weighted by Crippen LogP contribution is 2.05. The summed E-state index contributed by atoms with van der Waals surface area (Å²) in [4.78, 5) is 29.0. The lowest BCUT2D eigenvalue weighted by Crippen LogP contribution is -2.37. The van der Waals surface area contributed by atoms with E-state index in [1.165, 1.54) is 0 Å². The number of carbonyl (C=O) groups is 2. The van der Waals surface area contributed by atoms with Gasteiger partial charge < -0.3 is 10.2 Å². The molecule has 0 atom stereocenters. The molecule has 1 aliphatic rings. The van der Waals surface area contributed by atoms with Crippen molar-refractivity contribution in [2.75, 3.05) is 19.6 Å². The molecule has 0 spiro atoms. The van der Waals surface area contributed by atoms with Crippen LogP contribution in [0.4, 0.5) is 0 Å². The van der Waals surface area contributed by atoms with Crippen molar-refractivity contribution in [3.05, 3.63) is 30.1 Å². The summed E-state index contributed by atoms with van der Waals surface area (Å²) in [6.07, 6.45) is 5.40. The van der Waals surface area contributed by atoms with Crippen LogP contribution < -0.4 is 5.32 Å². The molecule has 0 aliphatic carbocycles. The molecule has 1 N–H and O–H groups in total. The summed E-state index contributed by atoms with van der Waals surface area (Å²) in [6, 6.07) is 3.81. The van der Waals surface area contributed by atoms with E-state index in [1.54, 1.807) is 17.3 Å². The van der Waals surface area contributed by atoms with E-state index in [1.807, 2.05) is 12.1 Å². The van der Waals surface area contributed by atoms with Gasteiger partial charge in [0.15, 0.2) is 0 Å². The van der Waals surface area contributed by atoms with E-state index in [2.05, 4.69) is 10.3 Å². The molecule has 0 aromatic carbocycles. The topological polar surface area (TPSA) is 62.3 Å². The first-order valence-corrected chi connectivity index (χ1v) is 6.19. The van der Waals surface area contributed by atoms with Gasteiger partial charge in [-0.2, -0.15) is 0 Å². The molecule has 5 heteroatoms. The third-order valence-corrected chi connectivity index (χ3v) is 2.96. The Balaban J connectivity index is 1.85. The average molecular weight is 247 g/mol. The van der Waals surface area contributed by atoms with E-state index in [4.69, 9.17) is 0 Å². The Morgan fingerprint density at radius 3 is 3.17 bits per heavy atom. The molecule has 5 nitrogen and oxygen atoms in total. The summed E-state index contributed by atoms with van der Waals surface area (Å²) in [5.74, 6) is -0.0295. The number of hydrogen-bond acceptors (Lipinski definition) is 3. The molecule has 0 saturated carbocycles. The van der Waals surface area contributed by atoms with Crippen LogP contribution in [-0.4, -0.2) is 41.3 Å². The van der Waals surface area contributed by atoms with Crippen molar-refractivity contribution < 1.29 is 9.59 Å². The van der Waals surface area contributed by atoms with Crippen LogP contribution in [0.15, 0.2) is 24.5 Å². The molecule has 1 saturated heterocycles. The molecule has 0 bridgehead atoms. The number of nitrogens with zero attached hydrogens (tertiary/aromatic N) is 2. The zero-order valence-electron chi connectivity index (χ0n) is 10.3. The highest BCUT2D eigenvalue weighted by molar-refractivity contribution is 5.85. The van der Waals surface area contributed by atoms with Gasteiger partial charge in [-0.15, -0.1) is 0 Å². The first kappa shape index (κ1) is 12.5. The van der Waals surface area contributed by atoms with Crippen LogP contribution in [0.3, 0.4) is 0 Å². The number of amides is 2. The molecule has 1 aromatic rings. The number of carbonyl (C=O) groups excluding carboxylic acids is 2. The number of hydrogen-bond donors (Lipinski definition) is 1. The van der Waals surface area contributed by atoms with E-state index in [0.717, 1.165) is 12.0 Å². The lowest BCUT2D eigenvalue weighted by atomic mass is 10.1. The molecule has 0 radical (unpaired) electrons. The maximum Gasteiger partial charge on any atom is 0.239 e. The highest BCUT2D eigenvalue weighted by Gasteiger charge is 2.19. The number of aromatic nitrogens is 1. The van der Waals surface area contributed by atoms with Crippen molar-refractivity contribution in [1.82, 2.24) is 15.2 Å². The molecule has 1 aliphatic heterocycles. The molecule has 96 valence electrons. The van der Waals surface area contributed by atoms with Crippen molar-refractivity contribution in [1.29, 1.82) is 0 Å². The minimum absolute atomic E-state index is 0.0379. The van der Waals surface area contributed by atoms with Crippen molar-refractivity contribution in [3.63, 3.8) is 0 Å². The Bertz CT molecular complexity index is 420. The lowest BCUT2D eigenvalue weighted by molar-refractivity contribution is -0.135. The van der Waals surface area contributed by atoms with Gasteiger partial charge in [0, 0.05) is 31.9 Å². The number of aryl methyl sites for hydroxylation is 1. The van der Waals surface area contributed by atoms with Gasteiger partial charge in [-0.3, -0.25) is 14.6 Å². The summed E-state index contributed by atoms with van der Waals surface area (Å²) in [5.41, 5.74) is 1.05. The van der Waals surface area contributed by atoms with Crippen LogP contribution in [0.1, 0.15) is 18.4 Å². The molecular weight excluding hydrogens is 230 g/mol. The van der Waals surface area contributed by atoms with E-state index in [0.29, 0.717) is 25.9 Å². The molecule has 2 amide bonds. The van der Waals surface area contributed by atoms with Gasteiger partial charge in [0.1, 0.15) is 0 Å². The summed E-state index contributed by atoms with van der Waals surface area (Å²) in [5, 5.41) is 2.76. The summed E-state index contributed by atoms with van der Waals surface area (Å²) >= 11 is 0. The van der Waals surface area contributed by atoms with Crippen LogP contribution in [-0.2, 0) is 16.0 Å². The lowest BCUT2D eigenvalue weighted by Gasteiger charge is -2.18. The predicted octanol–water partition coefficient (Wildman–Crippen LogP) is 0.363. The van der Waals surface area contributed by atoms with Crippen molar-refractivity contribution in [2.45, 2.75) is 19.3 Å². The molecule has 18 heavy (non-hydrogen) atoms. The number of pyridine rings is 1. The highest BCUT2D eigenvalue weighted by atomic mass is 16.2. The average Bonchev–Trinajstić information content (AvgIpc) is 2.62. The van der Waals surface area contributed by atoms with Crippen LogP contribution in [0.5, 0.6) is 0 Å². The monoisotopic (exact) mass is 247 g/mol. The molecule has 2 heterocycles. The van der Waals surface area contributed by atoms with E-state index in [9.17, 15) is 9.59 Å². The number of rotatable bonds is 3. The second kappa shape index (κ2) is 6.14. The zero-order chi connectivity index (χ0) is 12.8. The van der Waals surface area contributed by atoms with Gasteiger partial charge in [-0.05, 0) is 24.5 Å². The molecule has 1 fully saturated rings. The smallest absolute Gasteiger partial charge is 0.239 e. The third-order valence-electron chi connectivity index (χ3n) is 2.96. The molecular formula is C13H17N3O2. The van der Waals surface area contributed by atoms with Crippen molar-refractivity contribution in [3.8, 4) is 0 Å². The minimum Gasteiger partial charge on any atom is -0.354 e. The fourth-order valence-corrected chi connectivity index (χ4v) is 1.97. The van der Waals surface area contributed by atoms with Gasteiger partial charge in [0.2, 0.25) is 11.8 Å². The van der Waals surface area contributed by atoms with Crippen LogP contribution in [0, 0.1) is 0 Å². The second-order valence-corrected chi connectivity index (χ2v) is 4.38. The Hall–Kier alpha value is -1.91. The SMILES string of the molecule is O=C1CN(C(=O)CCc2cccnc2)CCCN1. The Morgan fingerprint density at radius 2 is 2.39 bits per heavy atom. The second-order valence-electron chi connectivity index (χ2n) is 4.38. The maximum absolute atomic E-state index is 12.0. The fraction of sp³-hybridized carbons (Fsp3) is 0.462. The van der Waals surface area contributed by atoms with E-state index in [-0.39, 0.29) is 18.4 Å². The van der Waals surface area contributed by atoms with E-state index < -0.39 is 0 Å². The first-order chi connectivity index (χ1) is 8.75. The van der Waals surface area contributed by atoms with E-state index >= 15 is 0 Å². The molecule has 1 aromatic heterocycles. The van der Waals surface area contributed by atoms with Crippen LogP contribution >= 0.6 is 0 Å². The van der Waals surface area contributed by atoms with Gasteiger partial charge in [0.05, 0.1) is 6.54 Å². The Kier molecular flexibility index (Phi) is 4.28. The standard InChI is InChI=1S/C13H17N3O2/c17-12-10-16(8-2-7-15-12)13(18)5-4-11-3-1-6-14-9-11/h1,3,6,9H,2,4-5,7-8,10H2,(H,15,17). The van der Waals surface area contributed by atoms with Crippen molar-refractivity contribution >= 4 is 11.8 Å². The zero-order valence-corrected chi connectivity index (χ0v) is 10.3. The van der Waals surface area contributed by atoms with Crippen molar-refractivity contribution in [2.24, 2.45) is 0 Å². The number of nitrogens with one attached hydrogen (secondary N) is 1. The van der Waals surface area contributed by atoms with Gasteiger partial charge in [-0.25, -0.2) is 0 Å². The molecule has 2 rings (SSSR count). The Morgan fingerprint density at radius 1 is 1.50 bits per heavy atom. The predicted molar refractivity (Wildman–Crippen MR) is 66.8 cm³/mol. The summed E-state index contributed by atoms with van der Waals surface area (Å²) in [6.45, 7) is 1.50. The molecule has 0 unspecified atom stereocenters. The summed E-state index contributed by atoms with van der Waals surface area (Å²) in [7, 11) is 0. The fourth-order valence-electron chi connectivity index (χ4n) is 1.97. The summed E-state index contributed by atoms with van der Waals surface area (Å²) < 4.78 is 0. The maximum atomic E-state index is 12.0. The minimum atomic E-state index is -0.0674. The third kappa shape index (κ3) is 3.55. The van der Waals surface area contributed by atoms with Gasteiger partial charge >= 0.3 is 0 Å². The van der Waals surface area contributed by atoms with Crippen LogP contribution in [0.2, 0.25) is 0 Å². The normalized spacial score (nSPS) is 16.0. The first-order valence-electron chi connectivity index (χ1n) is 6.19.